The van der Waals surface area contributed by atoms with Crippen molar-refractivity contribution in [2.45, 2.75) is 45.4 Å². The zero-order chi connectivity index (χ0) is 15.7. The fourth-order valence-electron chi connectivity index (χ4n) is 3.17. The standard InChI is InChI=1S/C18H21NO3/c1-18(2)9-7-13(8-10-18)12-3-5-14(6-4-12)15-11-16(17(20)21)22-19-15/h3-6,11,13H,7-10H2,1-2H3,(H,20,21). The molecule has 3 rings (SSSR count). The van der Waals surface area contributed by atoms with E-state index in [0.29, 0.717) is 17.0 Å². The van der Waals surface area contributed by atoms with Crippen LogP contribution in [0.5, 0.6) is 0 Å². The molecule has 0 unspecified atom stereocenters. The van der Waals surface area contributed by atoms with Gasteiger partial charge in [-0.1, -0.05) is 43.3 Å². The highest BCUT2D eigenvalue weighted by Crippen LogP contribution is 2.42. The summed E-state index contributed by atoms with van der Waals surface area (Å²) in [7, 11) is 0. The maximum Gasteiger partial charge on any atom is 0.374 e. The Morgan fingerprint density at radius 3 is 2.41 bits per heavy atom. The number of carbonyl (C=O) groups is 1. The molecule has 4 nitrogen and oxygen atoms in total. The van der Waals surface area contributed by atoms with Crippen LogP contribution in [0.3, 0.4) is 0 Å². The van der Waals surface area contributed by atoms with Gasteiger partial charge in [-0.15, -0.1) is 0 Å². The second-order valence-electron chi connectivity index (χ2n) is 6.94. The second-order valence-corrected chi connectivity index (χ2v) is 6.94. The molecule has 116 valence electrons. The summed E-state index contributed by atoms with van der Waals surface area (Å²) in [6.07, 6.45) is 5.01. The topological polar surface area (TPSA) is 63.3 Å². The SMILES string of the molecule is CC1(C)CCC(c2ccc(-c3cc(C(=O)O)on3)cc2)CC1. The smallest absolute Gasteiger partial charge is 0.374 e. The van der Waals surface area contributed by atoms with Gasteiger partial charge in [-0.25, -0.2) is 4.79 Å². The number of hydrogen-bond acceptors (Lipinski definition) is 3. The molecule has 1 aromatic carbocycles. The number of aromatic nitrogens is 1. The lowest BCUT2D eigenvalue weighted by atomic mass is 9.71. The average Bonchev–Trinajstić information content (AvgIpc) is 2.97. The number of benzene rings is 1. The summed E-state index contributed by atoms with van der Waals surface area (Å²) in [5, 5.41) is 12.7. The van der Waals surface area contributed by atoms with Gasteiger partial charge in [0.1, 0.15) is 5.69 Å². The van der Waals surface area contributed by atoms with Crippen molar-refractivity contribution in [3.8, 4) is 11.3 Å². The van der Waals surface area contributed by atoms with Crippen molar-refractivity contribution >= 4 is 5.97 Å². The lowest BCUT2D eigenvalue weighted by molar-refractivity contribution is 0.0652. The van der Waals surface area contributed by atoms with Gasteiger partial charge in [-0.05, 0) is 42.6 Å². The molecule has 22 heavy (non-hydrogen) atoms. The summed E-state index contributed by atoms with van der Waals surface area (Å²) in [6.45, 7) is 4.69. The summed E-state index contributed by atoms with van der Waals surface area (Å²) < 4.78 is 4.80. The lowest BCUT2D eigenvalue weighted by Crippen LogP contribution is -2.20. The van der Waals surface area contributed by atoms with Gasteiger partial charge in [0, 0.05) is 11.6 Å². The minimum atomic E-state index is -1.10. The first-order valence-electron chi connectivity index (χ1n) is 7.75. The minimum Gasteiger partial charge on any atom is -0.475 e. The van der Waals surface area contributed by atoms with Gasteiger partial charge in [0.15, 0.2) is 0 Å². The summed E-state index contributed by atoms with van der Waals surface area (Å²) >= 11 is 0. The molecule has 0 spiro atoms. The van der Waals surface area contributed by atoms with Crippen LogP contribution in [0, 0.1) is 5.41 Å². The van der Waals surface area contributed by atoms with E-state index in [-0.39, 0.29) is 5.76 Å². The van der Waals surface area contributed by atoms with Crippen LogP contribution in [-0.4, -0.2) is 16.2 Å². The Kier molecular flexibility index (Phi) is 3.77. The largest absolute Gasteiger partial charge is 0.475 e. The molecule has 1 heterocycles. The Morgan fingerprint density at radius 2 is 1.86 bits per heavy atom. The molecule has 0 bridgehead atoms. The molecule has 1 fully saturated rings. The molecule has 1 N–H and O–H groups in total. The monoisotopic (exact) mass is 299 g/mol. The summed E-state index contributed by atoms with van der Waals surface area (Å²) in [5.41, 5.74) is 3.29. The van der Waals surface area contributed by atoms with Gasteiger partial charge in [-0.3, -0.25) is 0 Å². The molecule has 1 aliphatic rings. The van der Waals surface area contributed by atoms with Crippen molar-refractivity contribution in [1.29, 1.82) is 0 Å². The number of carboxylic acid groups (broad SMARTS) is 1. The third-order valence-electron chi connectivity index (χ3n) is 4.74. The fraction of sp³-hybridized carbons (Fsp3) is 0.444. The highest BCUT2D eigenvalue weighted by molar-refractivity contribution is 5.85. The van der Waals surface area contributed by atoms with Crippen molar-refractivity contribution < 1.29 is 14.4 Å². The first-order valence-corrected chi connectivity index (χ1v) is 7.75. The molecule has 1 saturated carbocycles. The molecule has 2 aromatic rings. The molecule has 1 aliphatic carbocycles. The Hall–Kier alpha value is -2.10. The first kappa shape index (κ1) is 14.8. The first-order chi connectivity index (χ1) is 10.4. The summed E-state index contributed by atoms with van der Waals surface area (Å²) in [4.78, 5) is 10.8. The highest BCUT2D eigenvalue weighted by Gasteiger charge is 2.27. The van der Waals surface area contributed by atoms with Crippen LogP contribution in [-0.2, 0) is 0 Å². The quantitative estimate of drug-likeness (QED) is 0.890. The highest BCUT2D eigenvalue weighted by atomic mass is 16.5. The van der Waals surface area contributed by atoms with E-state index in [1.807, 2.05) is 12.1 Å². The van der Waals surface area contributed by atoms with Crippen molar-refractivity contribution in [1.82, 2.24) is 5.16 Å². The number of hydrogen-bond donors (Lipinski definition) is 1. The molecule has 4 heteroatoms. The van der Waals surface area contributed by atoms with E-state index in [1.54, 1.807) is 0 Å². The predicted octanol–water partition coefficient (Wildman–Crippen LogP) is 4.72. The number of rotatable bonds is 3. The maximum atomic E-state index is 10.8. The minimum absolute atomic E-state index is 0.131. The lowest BCUT2D eigenvalue weighted by Gasteiger charge is -2.34. The maximum absolute atomic E-state index is 10.8. The fourth-order valence-corrected chi connectivity index (χ4v) is 3.17. The molecule has 0 atom stereocenters. The van der Waals surface area contributed by atoms with E-state index in [2.05, 4.69) is 31.1 Å². The van der Waals surface area contributed by atoms with E-state index >= 15 is 0 Å². The third kappa shape index (κ3) is 3.06. The van der Waals surface area contributed by atoms with Crippen LogP contribution >= 0.6 is 0 Å². The molecule has 1 aromatic heterocycles. The van der Waals surface area contributed by atoms with Crippen LogP contribution in [0.1, 0.15) is 61.6 Å². The molecule has 0 saturated heterocycles. The van der Waals surface area contributed by atoms with Crippen LogP contribution in [0.25, 0.3) is 11.3 Å². The van der Waals surface area contributed by atoms with Crippen molar-refractivity contribution in [3.63, 3.8) is 0 Å². The van der Waals surface area contributed by atoms with Crippen LogP contribution in [0.4, 0.5) is 0 Å². The Labute approximate surface area is 130 Å². The van der Waals surface area contributed by atoms with Crippen LogP contribution < -0.4 is 0 Å². The summed E-state index contributed by atoms with van der Waals surface area (Å²) in [5.74, 6) is -0.595. The van der Waals surface area contributed by atoms with Crippen molar-refractivity contribution in [3.05, 3.63) is 41.7 Å². The number of aromatic carboxylic acids is 1. The summed E-state index contributed by atoms with van der Waals surface area (Å²) in [6, 6.07) is 9.72. The second kappa shape index (κ2) is 5.59. The third-order valence-corrected chi connectivity index (χ3v) is 4.74. The van der Waals surface area contributed by atoms with Gasteiger partial charge in [0.2, 0.25) is 5.76 Å². The predicted molar refractivity (Wildman–Crippen MR) is 83.9 cm³/mol. The molecule has 0 aliphatic heterocycles. The van der Waals surface area contributed by atoms with Gasteiger partial charge < -0.3 is 9.63 Å². The number of nitrogens with zero attached hydrogens (tertiary/aromatic N) is 1. The van der Waals surface area contributed by atoms with E-state index in [9.17, 15) is 4.79 Å². The van der Waals surface area contributed by atoms with E-state index in [4.69, 9.17) is 9.63 Å². The number of carboxylic acids is 1. The Balaban J connectivity index is 1.74. The van der Waals surface area contributed by atoms with Gasteiger partial charge >= 0.3 is 5.97 Å². The van der Waals surface area contributed by atoms with Crippen LogP contribution in [0.2, 0.25) is 0 Å². The normalized spacial score (nSPS) is 18.3. The molecular weight excluding hydrogens is 278 g/mol. The molecule has 0 amide bonds. The van der Waals surface area contributed by atoms with E-state index in [0.717, 1.165) is 5.56 Å². The van der Waals surface area contributed by atoms with Gasteiger partial charge in [-0.2, -0.15) is 0 Å². The van der Waals surface area contributed by atoms with Gasteiger partial charge in [0.05, 0.1) is 0 Å². The van der Waals surface area contributed by atoms with Crippen molar-refractivity contribution in [2.24, 2.45) is 5.41 Å². The van der Waals surface area contributed by atoms with Gasteiger partial charge in [0.25, 0.3) is 0 Å². The van der Waals surface area contributed by atoms with Crippen molar-refractivity contribution in [2.75, 3.05) is 0 Å². The van der Waals surface area contributed by atoms with E-state index in [1.165, 1.54) is 37.3 Å². The Bertz CT molecular complexity index is 660. The van der Waals surface area contributed by atoms with E-state index < -0.39 is 5.97 Å². The zero-order valence-corrected chi connectivity index (χ0v) is 13.0. The molecule has 0 radical (unpaired) electrons. The zero-order valence-electron chi connectivity index (χ0n) is 13.0. The van der Waals surface area contributed by atoms with Crippen LogP contribution in [0.15, 0.2) is 34.9 Å². The molecular formula is C18H21NO3. The Morgan fingerprint density at radius 1 is 1.23 bits per heavy atom. The average molecular weight is 299 g/mol.